The van der Waals surface area contributed by atoms with Crippen LogP contribution in [-0.2, 0) is 11.3 Å². The maximum atomic E-state index is 14.2. The molecular formula is C23H29FN2O4. The van der Waals surface area contributed by atoms with Crippen LogP contribution < -0.4 is 19.5 Å². The van der Waals surface area contributed by atoms with Gasteiger partial charge in [0.15, 0.2) is 11.5 Å². The third-order valence-electron chi connectivity index (χ3n) is 5.46. The van der Waals surface area contributed by atoms with Gasteiger partial charge in [0.1, 0.15) is 11.6 Å². The van der Waals surface area contributed by atoms with Gasteiger partial charge in [0.2, 0.25) is 5.91 Å². The van der Waals surface area contributed by atoms with E-state index in [-0.39, 0.29) is 30.9 Å². The Hall–Kier alpha value is -2.80. The van der Waals surface area contributed by atoms with Gasteiger partial charge in [0, 0.05) is 35.8 Å². The van der Waals surface area contributed by atoms with Crippen molar-refractivity contribution in [2.45, 2.75) is 38.4 Å². The predicted octanol–water partition coefficient (Wildman–Crippen LogP) is 3.69. The van der Waals surface area contributed by atoms with E-state index in [1.165, 1.54) is 6.07 Å². The monoisotopic (exact) mass is 416 g/mol. The first-order valence-electron chi connectivity index (χ1n) is 10.0. The van der Waals surface area contributed by atoms with Crippen molar-refractivity contribution in [1.82, 2.24) is 10.2 Å². The van der Waals surface area contributed by atoms with Gasteiger partial charge in [0.25, 0.3) is 0 Å². The smallest absolute Gasteiger partial charge is 0.234 e. The lowest BCUT2D eigenvalue weighted by atomic mass is 10.1. The minimum Gasteiger partial charge on any atom is -0.496 e. The normalized spacial score (nSPS) is 14.3. The molecule has 1 aliphatic carbocycles. The number of carbonyl (C=O) groups is 1. The summed E-state index contributed by atoms with van der Waals surface area (Å²) in [6, 6.07) is 10.4. The van der Waals surface area contributed by atoms with Crippen molar-refractivity contribution in [3.8, 4) is 17.2 Å². The average molecular weight is 416 g/mol. The highest BCUT2D eigenvalue weighted by Crippen LogP contribution is 2.36. The highest BCUT2D eigenvalue weighted by atomic mass is 19.1. The number of benzene rings is 2. The number of methoxy groups -OCH3 is 3. The van der Waals surface area contributed by atoms with Crippen molar-refractivity contribution in [1.29, 1.82) is 0 Å². The zero-order valence-electron chi connectivity index (χ0n) is 17.9. The van der Waals surface area contributed by atoms with E-state index in [9.17, 15) is 9.18 Å². The van der Waals surface area contributed by atoms with Gasteiger partial charge in [-0.1, -0.05) is 18.2 Å². The third kappa shape index (κ3) is 5.02. The summed E-state index contributed by atoms with van der Waals surface area (Å²) in [5, 5.41) is 2.95. The van der Waals surface area contributed by atoms with Gasteiger partial charge in [-0.2, -0.15) is 0 Å². The molecule has 30 heavy (non-hydrogen) atoms. The summed E-state index contributed by atoms with van der Waals surface area (Å²) in [4.78, 5) is 14.8. The van der Waals surface area contributed by atoms with Gasteiger partial charge in [-0.05, 0) is 31.9 Å². The highest BCUT2D eigenvalue weighted by molar-refractivity contribution is 5.78. The van der Waals surface area contributed by atoms with Crippen molar-refractivity contribution in [3.63, 3.8) is 0 Å². The molecule has 1 N–H and O–H groups in total. The van der Waals surface area contributed by atoms with Crippen LogP contribution in [0.5, 0.6) is 17.2 Å². The Bertz CT molecular complexity index is 886. The van der Waals surface area contributed by atoms with Gasteiger partial charge in [-0.3, -0.25) is 9.69 Å². The summed E-state index contributed by atoms with van der Waals surface area (Å²) >= 11 is 0. The van der Waals surface area contributed by atoms with Crippen LogP contribution >= 0.6 is 0 Å². The van der Waals surface area contributed by atoms with Crippen molar-refractivity contribution >= 4 is 5.91 Å². The van der Waals surface area contributed by atoms with Crippen LogP contribution in [-0.4, -0.2) is 44.7 Å². The van der Waals surface area contributed by atoms with Crippen LogP contribution in [0, 0.1) is 5.82 Å². The number of nitrogens with one attached hydrogen (secondary N) is 1. The lowest BCUT2D eigenvalue weighted by molar-refractivity contribution is -0.123. The molecule has 0 aromatic heterocycles. The second kappa shape index (κ2) is 9.80. The van der Waals surface area contributed by atoms with Crippen LogP contribution in [0.2, 0.25) is 0 Å². The fraction of sp³-hybridized carbons (Fsp3) is 0.435. The minimum atomic E-state index is -0.244. The average Bonchev–Trinajstić information content (AvgIpc) is 3.60. The molecular weight excluding hydrogens is 387 g/mol. The Morgan fingerprint density at radius 1 is 1.10 bits per heavy atom. The SMILES string of the molecule is COc1cc(OC)c(OC)cc1CNC(=O)CN(C1CC1)C(C)c1ccccc1F. The van der Waals surface area contributed by atoms with Gasteiger partial charge < -0.3 is 19.5 Å². The van der Waals surface area contributed by atoms with E-state index in [1.54, 1.807) is 45.6 Å². The van der Waals surface area contributed by atoms with Gasteiger partial charge in [0.05, 0.1) is 27.9 Å². The van der Waals surface area contributed by atoms with E-state index in [0.717, 1.165) is 18.4 Å². The molecule has 0 radical (unpaired) electrons. The molecule has 6 nitrogen and oxygen atoms in total. The topological polar surface area (TPSA) is 60.0 Å². The first kappa shape index (κ1) is 21.9. The summed E-state index contributed by atoms with van der Waals surface area (Å²) in [7, 11) is 4.68. The number of ether oxygens (including phenoxy) is 3. The van der Waals surface area contributed by atoms with Crippen molar-refractivity contribution in [2.24, 2.45) is 0 Å². The van der Waals surface area contributed by atoms with E-state index in [2.05, 4.69) is 10.2 Å². The van der Waals surface area contributed by atoms with Gasteiger partial charge in [-0.25, -0.2) is 4.39 Å². The zero-order valence-corrected chi connectivity index (χ0v) is 17.9. The van der Waals surface area contributed by atoms with Crippen LogP contribution in [0.15, 0.2) is 36.4 Å². The molecule has 3 rings (SSSR count). The summed E-state index contributed by atoms with van der Waals surface area (Å²) in [5.74, 6) is 1.36. The van der Waals surface area contributed by atoms with E-state index in [1.807, 2.05) is 13.0 Å². The van der Waals surface area contributed by atoms with Crippen molar-refractivity contribution < 1.29 is 23.4 Å². The Kier molecular flexibility index (Phi) is 7.15. The molecule has 0 heterocycles. The number of amides is 1. The van der Waals surface area contributed by atoms with Crippen molar-refractivity contribution in [2.75, 3.05) is 27.9 Å². The molecule has 0 spiro atoms. The molecule has 0 aliphatic heterocycles. The van der Waals surface area contributed by atoms with E-state index >= 15 is 0 Å². The lowest BCUT2D eigenvalue weighted by Gasteiger charge is -2.29. The quantitative estimate of drug-likeness (QED) is 0.640. The molecule has 2 aromatic carbocycles. The van der Waals surface area contributed by atoms with Crippen LogP contribution in [0.4, 0.5) is 4.39 Å². The highest BCUT2D eigenvalue weighted by Gasteiger charge is 2.34. The fourth-order valence-corrected chi connectivity index (χ4v) is 3.63. The molecule has 2 aromatic rings. The van der Waals surface area contributed by atoms with Gasteiger partial charge in [-0.15, -0.1) is 0 Å². The third-order valence-corrected chi connectivity index (χ3v) is 5.46. The van der Waals surface area contributed by atoms with Crippen LogP contribution in [0.1, 0.15) is 36.9 Å². The maximum Gasteiger partial charge on any atom is 0.234 e. The number of hydrogen-bond acceptors (Lipinski definition) is 5. The summed E-state index contributed by atoms with van der Waals surface area (Å²) in [6.07, 6.45) is 2.05. The zero-order chi connectivity index (χ0) is 21.7. The molecule has 1 amide bonds. The second-order valence-electron chi connectivity index (χ2n) is 7.40. The summed E-state index contributed by atoms with van der Waals surface area (Å²) in [5.41, 5.74) is 1.39. The molecule has 7 heteroatoms. The minimum absolute atomic E-state index is 0.123. The number of halogens is 1. The first-order chi connectivity index (χ1) is 14.5. The van der Waals surface area contributed by atoms with Gasteiger partial charge >= 0.3 is 0 Å². The Balaban J connectivity index is 1.68. The fourth-order valence-electron chi connectivity index (χ4n) is 3.63. The number of carbonyl (C=O) groups excluding carboxylic acids is 1. The van der Waals surface area contributed by atoms with E-state index in [4.69, 9.17) is 14.2 Å². The molecule has 1 fully saturated rings. The van der Waals surface area contributed by atoms with Crippen LogP contribution in [0.3, 0.4) is 0 Å². The summed E-state index contributed by atoms with van der Waals surface area (Å²) < 4.78 is 30.3. The molecule has 1 unspecified atom stereocenters. The first-order valence-corrected chi connectivity index (χ1v) is 10.0. The Labute approximate surface area is 176 Å². The maximum absolute atomic E-state index is 14.2. The van der Waals surface area contributed by atoms with E-state index < -0.39 is 0 Å². The molecule has 1 aliphatic rings. The standard InChI is InChI=1S/C23H29FN2O4/c1-15(18-7-5-6-8-19(18)24)26(17-9-10-17)14-23(27)25-13-16-11-21(29-3)22(30-4)12-20(16)28-2/h5-8,11-12,15,17H,9-10,13-14H2,1-4H3,(H,25,27). The molecule has 1 atom stereocenters. The molecule has 0 saturated heterocycles. The molecule has 0 bridgehead atoms. The van der Waals surface area contributed by atoms with E-state index in [0.29, 0.717) is 28.9 Å². The molecule has 1 saturated carbocycles. The van der Waals surface area contributed by atoms with Crippen LogP contribution in [0.25, 0.3) is 0 Å². The van der Waals surface area contributed by atoms with Crippen molar-refractivity contribution in [3.05, 3.63) is 53.3 Å². The number of hydrogen-bond donors (Lipinski definition) is 1. The number of rotatable bonds is 10. The Morgan fingerprint density at radius 2 is 1.73 bits per heavy atom. The Morgan fingerprint density at radius 3 is 2.33 bits per heavy atom. The molecule has 162 valence electrons. The second-order valence-corrected chi connectivity index (χ2v) is 7.40. The lowest BCUT2D eigenvalue weighted by Crippen LogP contribution is -2.39. The number of nitrogens with zero attached hydrogens (tertiary/aromatic N) is 1. The predicted molar refractivity (Wildman–Crippen MR) is 112 cm³/mol. The largest absolute Gasteiger partial charge is 0.496 e. The summed E-state index contributed by atoms with van der Waals surface area (Å²) in [6.45, 7) is 2.44.